The summed E-state index contributed by atoms with van der Waals surface area (Å²) in [4.78, 5) is 16.9. The van der Waals surface area contributed by atoms with Gasteiger partial charge in [0.1, 0.15) is 18.8 Å². The number of carbonyl (C=O) groups is 1. The molecule has 3 aromatic rings. The molecule has 0 saturated carbocycles. The van der Waals surface area contributed by atoms with E-state index in [2.05, 4.69) is 10.3 Å². The molecule has 1 aliphatic rings. The molecule has 2 unspecified atom stereocenters. The van der Waals surface area contributed by atoms with Crippen molar-refractivity contribution in [1.82, 2.24) is 14.9 Å². The minimum absolute atomic E-state index is 0.0781. The highest BCUT2D eigenvalue weighted by Crippen LogP contribution is 2.30. The second kappa shape index (κ2) is 6.47. The summed E-state index contributed by atoms with van der Waals surface area (Å²) in [6.07, 6.45) is 1.50. The third kappa shape index (κ3) is 3.03. The Hall–Kier alpha value is -3.02. The van der Waals surface area contributed by atoms with E-state index in [9.17, 15) is 4.79 Å². The van der Waals surface area contributed by atoms with E-state index >= 15 is 0 Å². The minimum atomic E-state index is -0.357. The third-order valence-electron chi connectivity index (χ3n) is 4.35. The van der Waals surface area contributed by atoms with Gasteiger partial charge in [-0.2, -0.15) is 0 Å². The van der Waals surface area contributed by atoms with E-state index in [4.69, 9.17) is 9.47 Å². The first-order chi connectivity index (χ1) is 12.2. The fourth-order valence-electron chi connectivity index (χ4n) is 2.94. The summed E-state index contributed by atoms with van der Waals surface area (Å²) in [7, 11) is 0. The number of aromatic nitrogens is 2. The van der Waals surface area contributed by atoms with Crippen LogP contribution in [0.4, 0.5) is 0 Å². The Morgan fingerprint density at radius 2 is 2.00 bits per heavy atom. The molecular weight excluding hydrogens is 318 g/mol. The second-order valence-corrected chi connectivity index (χ2v) is 6.06. The van der Waals surface area contributed by atoms with E-state index in [1.54, 1.807) is 6.33 Å². The zero-order chi connectivity index (χ0) is 17.2. The van der Waals surface area contributed by atoms with Gasteiger partial charge in [0.05, 0.1) is 23.9 Å². The summed E-state index contributed by atoms with van der Waals surface area (Å²) >= 11 is 0. The lowest BCUT2D eigenvalue weighted by Gasteiger charge is -2.27. The zero-order valence-electron chi connectivity index (χ0n) is 13.9. The van der Waals surface area contributed by atoms with Crippen LogP contribution in [0.3, 0.4) is 0 Å². The van der Waals surface area contributed by atoms with Crippen molar-refractivity contribution < 1.29 is 14.3 Å². The van der Waals surface area contributed by atoms with E-state index in [1.807, 2.05) is 60.0 Å². The number of para-hydroxylation sites is 4. The number of imidazole rings is 1. The molecule has 0 radical (unpaired) electrons. The molecule has 4 rings (SSSR count). The van der Waals surface area contributed by atoms with Gasteiger partial charge in [0, 0.05) is 0 Å². The molecule has 0 spiro atoms. The van der Waals surface area contributed by atoms with Gasteiger partial charge < -0.3 is 19.4 Å². The summed E-state index contributed by atoms with van der Waals surface area (Å²) in [6, 6.07) is 14.9. The normalized spacial score (nSPS) is 17.2. The Morgan fingerprint density at radius 1 is 1.24 bits per heavy atom. The number of hydrogen-bond donors (Lipinski definition) is 1. The van der Waals surface area contributed by atoms with Crippen LogP contribution in [0.25, 0.3) is 11.0 Å². The predicted octanol–water partition coefficient (Wildman–Crippen LogP) is 2.55. The maximum Gasteiger partial charge on any atom is 0.242 e. The van der Waals surface area contributed by atoms with Crippen molar-refractivity contribution in [2.45, 2.75) is 19.1 Å². The van der Waals surface area contributed by atoms with Gasteiger partial charge in [-0.25, -0.2) is 4.98 Å². The number of ether oxygens (including phenoxy) is 2. The molecule has 6 nitrogen and oxygen atoms in total. The van der Waals surface area contributed by atoms with Gasteiger partial charge in [-0.1, -0.05) is 24.3 Å². The van der Waals surface area contributed by atoms with Gasteiger partial charge in [-0.05, 0) is 31.2 Å². The molecule has 0 bridgehead atoms. The van der Waals surface area contributed by atoms with Crippen molar-refractivity contribution in [2.24, 2.45) is 0 Å². The quantitative estimate of drug-likeness (QED) is 0.795. The summed E-state index contributed by atoms with van der Waals surface area (Å²) in [5.74, 6) is 1.37. The SMILES string of the molecule is CC(C(=O)NCC1COc2ccccc2O1)n1cnc2ccccc21. The molecule has 1 aromatic heterocycles. The minimum Gasteiger partial charge on any atom is -0.486 e. The number of amides is 1. The molecule has 2 aromatic carbocycles. The van der Waals surface area contributed by atoms with Gasteiger partial charge in [0.15, 0.2) is 11.5 Å². The van der Waals surface area contributed by atoms with E-state index in [0.29, 0.717) is 18.9 Å². The standard InChI is InChI=1S/C19H19N3O3/c1-13(22-12-21-15-6-2-3-7-16(15)22)19(23)20-10-14-11-24-17-8-4-5-9-18(17)25-14/h2-9,12-14H,10-11H2,1H3,(H,20,23). The lowest BCUT2D eigenvalue weighted by Crippen LogP contribution is -2.42. The van der Waals surface area contributed by atoms with Gasteiger partial charge in [0.2, 0.25) is 5.91 Å². The van der Waals surface area contributed by atoms with Crippen molar-refractivity contribution in [3.8, 4) is 11.5 Å². The number of hydrogen-bond acceptors (Lipinski definition) is 4. The number of fused-ring (bicyclic) bond motifs is 2. The molecule has 2 heterocycles. The highest BCUT2D eigenvalue weighted by molar-refractivity contribution is 5.83. The van der Waals surface area contributed by atoms with Crippen molar-refractivity contribution in [3.63, 3.8) is 0 Å². The first-order valence-corrected chi connectivity index (χ1v) is 8.30. The second-order valence-electron chi connectivity index (χ2n) is 6.06. The molecule has 6 heteroatoms. The van der Waals surface area contributed by atoms with E-state index < -0.39 is 0 Å². The summed E-state index contributed by atoms with van der Waals surface area (Å²) in [5.41, 5.74) is 1.82. The van der Waals surface area contributed by atoms with Crippen LogP contribution in [0.2, 0.25) is 0 Å². The van der Waals surface area contributed by atoms with Gasteiger partial charge in [-0.15, -0.1) is 0 Å². The van der Waals surface area contributed by atoms with E-state index in [-0.39, 0.29) is 18.1 Å². The molecule has 128 valence electrons. The zero-order valence-corrected chi connectivity index (χ0v) is 13.9. The largest absolute Gasteiger partial charge is 0.486 e. The molecule has 0 saturated heterocycles. The number of nitrogens with one attached hydrogen (secondary N) is 1. The highest BCUT2D eigenvalue weighted by atomic mass is 16.6. The number of benzene rings is 2. The molecule has 25 heavy (non-hydrogen) atoms. The van der Waals surface area contributed by atoms with E-state index in [0.717, 1.165) is 16.8 Å². The highest BCUT2D eigenvalue weighted by Gasteiger charge is 2.23. The van der Waals surface area contributed by atoms with Crippen LogP contribution in [0.15, 0.2) is 54.9 Å². The summed E-state index contributed by atoms with van der Waals surface area (Å²) < 4.78 is 13.4. The fraction of sp³-hybridized carbons (Fsp3) is 0.263. The van der Waals surface area contributed by atoms with Crippen LogP contribution in [0, 0.1) is 0 Å². The Labute approximate surface area is 145 Å². The molecule has 0 fully saturated rings. The topological polar surface area (TPSA) is 65.4 Å². The van der Waals surface area contributed by atoms with Crippen molar-refractivity contribution in [2.75, 3.05) is 13.2 Å². The first kappa shape index (κ1) is 15.5. The van der Waals surface area contributed by atoms with Crippen molar-refractivity contribution in [1.29, 1.82) is 0 Å². The van der Waals surface area contributed by atoms with Crippen molar-refractivity contribution >= 4 is 16.9 Å². The Kier molecular flexibility index (Phi) is 4.01. The number of carbonyl (C=O) groups excluding carboxylic acids is 1. The maximum atomic E-state index is 12.5. The number of rotatable bonds is 4. The maximum absolute atomic E-state index is 12.5. The molecule has 1 aliphatic heterocycles. The number of nitrogens with zero attached hydrogens (tertiary/aromatic N) is 2. The summed E-state index contributed by atoms with van der Waals surface area (Å²) in [5, 5.41) is 2.94. The molecule has 2 atom stereocenters. The lowest BCUT2D eigenvalue weighted by atomic mass is 10.2. The van der Waals surface area contributed by atoms with Crippen molar-refractivity contribution in [3.05, 3.63) is 54.9 Å². The van der Waals surface area contributed by atoms with Crippen LogP contribution in [-0.4, -0.2) is 34.7 Å². The van der Waals surface area contributed by atoms with Crippen LogP contribution >= 0.6 is 0 Å². The van der Waals surface area contributed by atoms with Gasteiger partial charge in [0.25, 0.3) is 0 Å². The summed E-state index contributed by atoms with van der Waals surface area (Å²) in [6.45, 7) is 2.67. The van der Waals surface area contributed by atoms with Crippen LogP contribution in [0.1, 0.15) is 13.0 Å². The van der Waals surface area contributed by atoms with E-state index in [1.165, 1.54) is 0 Å². The van der Waals surface area contributed by atoms with Crippen LogP contribution < -0.4 is 14.8 Å². The fourth-order valence-corrected chi connectivity index (χ4v) is 2.94. The smallest absolute Gasteiger partial charge is 0.242 e. The molecule has 1 amide bonds. The average Bonchev–Trinajstić information content (AvgIpc) is 3.09. The van der Waals surface area contributed by atoms with Gasteiger partial charge in [-0.3, -0.25) is 4.79 Å². The Bertz CT molecular complexity index is 906. The van der Waals surface area contributed by atoms with Gasteiger partial charge >= 0.3 is 0 Å². The first-order valence-electron chi connectivity index (χ1n) is 8.30. The lowest BCUT2D eigenvalue weighted by molar-refractivity contribution is -0.124. The average molecular weight is 337 g/mol. The predicted molar refractivity (Wildman–Crippen MR) is 93.8 cm³/mol. The molecular formula is C19H19N3O3. The molecule has 0 aliphatic carbocycles. The Balaban J connectivity index is 1.39. The van der Waals surface area contributed by atoms with Crippen LogP contribution in [0.5, 0.6) is 11.5 Å². The molecule has 1 N–H and O–H groups in total. The van der Waals surface area contributed by atoms with Crippen LogP contribution in [-0.2, 0) is 4.79 Å². The Morgan fingerprint density at radius 3 is 2.88 bits per heavy atom. The monoisotopic (exact) mass is 337 g/mol. The third-order valence-corrected chi connectivity index (χ3v) is 4.35.